The summed E-state index contributed by atoms with van der Waals surface area (Å²) >= 11 is 2.08. The van der Waals surface area contributed by atoms with E-state index in [0.717, 1.165) is 19.0 Å². The molecule has 0 bridgehead atoms. The predicted molar refractivity (Wildman–Crippen MR) is 74.3 cm³/mol. The van der Waals surface area contributed by atoms with E-state index in [1.165, 1.54) is 29.1 Å². The van der Waals surface area contributed by atoms with Gasteiger partial charge in [-0.2, -0.15) is 11.8 Å². The molecule has 1 aromatic rings. The van der Waals surface area contributed by atoms with Gasteiger partial charge < -0.3 is 10.1 Å². The molecule has 1 aliphatic heterocycles. The summed E-state index contributed by atoms with van der Waals surface area (Å²) in [6.45, 7) is 2.84. The second-order valence-electron chi connectivity index (χ2n) is 4.61. The van der Waals surface area contributed by atoms with Gasteiger partial charge in [-0.25, -0.2) is 0 Å². The Kier molecular flexibility index (Phi) is 5.36. The molecule has 2 nitrogen and oxygen atoms in total. The minimum absolute atomic E-state index is 0.701. The first kappa shape index (κ1) is 12.9. The summed E-state index contributed by atoms with van der Waals surface area (Å²) in [4.78, 5) is 0. The molecule has 1 aromatic carbocycles. The monoisotopic (exact) mass is 251 g/mol. The molecule has 1 aliphatic rings. The summed E-state index contributed by atoms with van der Waals surface area (Å²) in [6, 6.07) is 8.66. The Labute approximate surface area is 108 Å². The van der Waals surface area contributed by atoms with Crippen molar-refractivity contribution in [2.75, 3.05) is 25.2 Å². The first-order valence-electron chi connectivity index (χ1n) is 6.23. The molecule has 1 N–H and O–H groups in total. The third-order valence-electron chi connectivity index (χ3n) is 3.12. The smallest absolute Gasteiger partial charge is 0.0713 e. The molecule has 2 rings (SSSR count). The number of rotatable bonds is 6. The van der Waals surface area contributed by atoms with Gasteiger partial charge in [-0.05, 0) is 41.5 Å². The maximum Gasteiger partial charge on any atom is 0.0713 e. The number of ether oxygens (including phenoxy) is 1. The van der Waals surface area contributed by atoms with Crippen molar-refractivity contribution < 1.29 is 4.74 Å². The van der Waals surface area contributed by atoms with E-state index in [0.29, 0.717) is 6.61 Å². The Bertz CT molecular complexity index is 319. The van der Waals surface area contributed by atoms with Crippen molar-refractivity contribution in [1.29, 1.82) is 0 Å². The molecule has 1 heterocycles. The second-order valence-corrected chi connectivity index (χ2v) is 5.76. The van der Waals surface area contributed by atoms with Crippen molar-refractivity contribution in [3.05, 3.63) is 35.4 Å². The van der Waals surface area contributed by atoms with Crippen LogP contribution in [0.5, 0.6) is 0 Å². The van der Waals surface area contributed by atoms with Gasteiger partial charge in [0.05, 0.1) is 6.61 Å². The highest BCUT2D eigenvalue weighted by Gasteiger charge is 2.14. The lowest BCUT2D eigenvalue weighted by Crippen LogP contribution is -2.22. The van der Waals surface area contributed by atoms with Crippen LogP contribution >= 0.6 is 11.8 Å². The molecule has 0 amide bonds. The first-order chi connectivity index (χ1) is 8.38. The van der Waals surface area contributed by atoms with Gasteiger partial charge in [-0.15, -0.1) is 0 Å². The van der Waals surface area contributed by atoms with Crippen molar-refractivity contribution in [2.24, 2.45) is 5.92 Å². The highest BCUT2D eigenvalue weighted by Crippen LogP contribution is 2.22. The van der Waals surface area contributed by atoms with E-state index in [1.54, 1.807) is 7.11 Å². The Morgan fingerprint density at radius 1 is 1.29 bits per heavy atom. The molecule has 0 radical (unpaired) electrons. The average Bonchev–Trinajstić information content (AvgIpc) is 2.85. The zero-order chi connectivity index (χ0) is 11.9. The molecular weight excluding hydrogens is 230 g/mol. The van der Waals surface area contributed by atoms with E-state index in [-0.39, 0.29) is 0 Å². The van der Waals surface area contributed by atoms with E-state index in [9.17, 15) is 0 Å². The summed E-state index contributed by atoms with van der Waals surface area (Å²) in [5.41, 5.74) is 2.60. The van der Waals surface area contributed by atoms with Crippen molar-refractivity contribution in [1.82, 2.24) is 5.32 Å². The van der Waals surface area contributed by atoms with Crippen LogP contribution in [-0.2, 0) is 17.9 Å². The van der Waals surface area contributed by atoms with Gasteiger partial charge in [0.2, 0.25) is 0 Å². The predicted octanol–water partition coefficient (Wildman–Crippen LogP) is 2.68. The highest BCUT2D eigenvalue weighted by atomic mass is 32.2. The summed E-state index contributed by atoms with van der Waals surface area (Å²) in [5.74, 6) is 3.56. The van der Waals surface area contributed by atoms with Crippen LogP contribution < -0.4 is 5.32 Å². The fourth-order valence-electron chi connectivity index (χ4n) is 2.08. The highest BCUT2D eigenvalue weighted by molar-refractivity contribution is 7.99. The molecule has 0 saturated carbocycles. The Morgan fingerprint density at radius 3 is 2.71 bits per heavy atom. The Balaban J connectivity index is 1.70. The van der Waals surface area contributed by atoms with Gasteiger partial charge in [-0.1, -0.05) is 24.3 Å². The molecule has 94 valence electrons. The van der Waals surface area contributed by atoms with Crippen LogP contribution in [0.3, 0.4) is 0 Å². The Hall–Kier alpha value is -0.510. The minimum Gasteiger partial charge on any atom is -0.380 e. The van der Waals surface area contributed by atoms with Crippen LogP contribution in [0.2, 0.25) is 0 Å². The maximum absolute atomic E-state index is 5.10. The Morgan fingerprint density at radius 2 is 2.06 bits per heavy atom. The van der Waals surface area contributed by atoms with E-state index in [4.69, 9.17) is 4.74 Å². The fourth-order valence-corrected chi connectivity index (χ4v) is 3.37. The van der Waals surface area contributed by atoms with Gasteiger partial charge in [0.15, 0.2) is 0 Å². The topological polar surface area (TPSA) is 21.3 Å². The number of hydrogen-bond donors (Lipinski definition) is 1. The molecule has 1 atom stereocenters. The number of thioether (sulfide) groups is 1. The molecule has 1 saturated heterocycles. The number of methoxy groups -OCH3 is 1. The van der Waals surface area contributed by atoms with Crippen LogP contribution in [-0.4, -0.2) is 25.2 Å². The van der Waals surface area contributed by atoms with Gasteiger partial charge in [0.25, 0.3) is 0 Å². The zero-order valence-corrected chi connectivity index (χ0v) is 11.3. The summed E-state index contributed by atoms with van der Waals surface area (Å²) in [6.07, 6.45) is 1.38. The first-order valence-corrected chi connectivity index (χ1v) is 7.39. The number of benzene rings is 1. The van der Waals surface area contributed by atoms with Crippen molar-refractivity contribution in [2.45, 2.75) is 19.6 Å². The standard InChI is InChI=1S/C14H21NOS/c1-16-10-13-4-2-12(3-5-13)8-15-9-14-6-7-17-11-14/h2-5,14-15H,6-11H2,1H3. The second kappa shape index (κ2) is 7.04. The largest absolute Gasteiger partial charge is 0.380 e. The lowest BCUT2D eigenvalue weighted by Gasteiger charge is -2.10. The third-order valence-corrected chi connectivity index (χ3v) is 4.35. The summed E-state index contributed by atoms with van der Waals surface area (Å²) in [5, 5.41) is 3.55. The third kappa shape index (κ3) is 4.34. The molecule has 1 unspecified atom stereocenters. The van der Waals surface area contributed by atoms with E-state index in [1.807, 2.05) is 0 Å². The van der Waals surface area contributed by atoms with Crippen LogP contribution in [0.1, 0.15) is 17.5 Å². The van der Waals surface area contributed by atoms with Gasteiger partial charge in [-0.3, -0.25) is 0 Å². The lowest BCUT2D eigenvalue weighted by molar-refractivity contribution is 0.185. The van der Waals surface area contributed by atoms with Crippen LogP contribution in [0.4, 0.5) is 0 Å². The molecular formula is C14H21NOS. The van der Waals surface area contributed by atoms with Crippen molar-refractivity contribution >= 4 is 11.8 Å². The molecule has 17 heavy (non-hydrogen) atoms. The summed E-state index contributed by atoms with van der Waals surface area (Å²) < 4.78 is 5.10. The van der Waals surface area contributed by atoms with Gasteiger partial charge >= 0.3 is 0 Å². The van der Waals surface area contributed by atoms with Gasteiger partial charge in [0.1, 0.15) is 0 Å². The number of nitrogens with one attached hydrogen (secondary N) is 1. The average molecular weight is 251 g/mol. The van der Waals surface area contributed by atoms with E-state index in [2.05, 4.69) is 41.3 Å². The van der Waals surface area contributed by atoms with Crippen molar-refractivity contribution in [3.8, 4) is 0 Å². The van der Waals surface area contributed by atoms with E-state index >= 15 is 0 Å². The normalized spacial score (nSPS) is 19.7. The molecule has 0 aromatic heterocycles. The molecule has 1 fully saturated rings. The maximum atomic E-state index is 5.10. The zero-order valence-electron chi connectivity index (χ0n) is 10.4. The van der Waals surface area contributed by atoms with Crippen LogP contribution in [0.25, 0.3) is 0 Å². The van der Waals surface area contributed by atoms with E-state index < -0.39 is 0 Å². The van der Waals surface area contributed by atoms with Crippen molar-refractivity contribution in [3.63, 3.8) is 0 Å². The molecule has 0 aliphatic carbocycles. The summed E-state index contributed by atoms with van der Waals surface area (Å²) in [7, 11) is 1.73. The lowest BCUT2D eigenvalue weighted by atomic mass is 10.1. The fraction of sp³-hybridized carbons (Fsp3) is 0.571. The van der Waals surface area contributed by atoms with Crippen LogP contribution in [0, 0.1) is 5.92 Å². The SMILES string of the molecule is COCc1ccc(CNCC2CCSC2)cc1. The quantitative estimate of drug-likeness (QED) is 0.840. The molecule has 0 spiro atoms. The number of hydrogen-bond acceptors (Lipinski definition) is 3. The van der Waals surface area contributed by atoms with Gasteiger partial charge in [0, 0.05) is 13.7 Å². The minimum atomic E-state index is 0.701. The molecule has 3 heteroatoms. The van der Waals surface area contributed by atoms with Crippen LogP contribution in [0.15, 0.2) is 24.3 Å².